The predicted octanol–water partition coefficient (Wildman–Crippen LogP) is 0.704. The van der Waals surface area contributed by atoms with Gasteiger partial charge in [0.25, 0.3) is 0 Å². The molecular weight excluding hydrogens is 318 g/mol. The zero-order valence-corrected chi connectivity index (χ0v) is 14.6. The number of carbonyl (C=O) groups is 2. The van der Waals surface area contributed by atoms with E-state index in [1.165, 1.54) is 5.56 Å². The first-order valence-corrected chi connectivity index (χ1v) is 9.14. The van der Waals surface area contributed by atoms with Gasteiger partial charge in [-0.3, -0.25) is 14.5 Å². The summed E-state index contributed by atoms with van der Waals surface area (Å²) in [5.41, 5.74) is 1.28. The van der Waals surface area contributed by atoms with Crippen LogP contribution in [0, 0.1) is 0 Å². The molecule has 1 aromatic rings. The van der Waals surface area contributed by atoms with Gasteiger partial charge >= 0.3 is 0 Å². The van der Waals surface area contributed by atoms with Gasteiger partial charge in [0.1, 0.15) is 6.04 Å². The van der Waals surface area contributed by atoms with Gasteiger partial charge in [-0.25, -0.2) is 0 Å². The molecule has 0 aromatic heterocycles. The molecule has 0 bridgehead atoms. The third kappa shape index (κ3) is 4.38. The van der Waals surface area contributed by atoms with E-state index in [1.54, 1.807) is 4.90 Å². The average Bonchev–Trinajstić information content (AvgIpc) is 3.06. The van der Waals surface area contributed by atoms with Crippen molar-refractivity contribution in [2.75, 3.05) is 39.3 Å². The zero-order valence-electron chi connectivity index (χ0n) is 14.6. The number of nitrogens with zero attached hydrogens (tertiary/aromatic N) is 3. The van der Waals surface area contributed by atoms with Crippen molar-refractivity contribution in [2.45, 2.75) is 31.8 Å². The van der Waals surface area contributed by atoms with E-state index in [0.29, 0.717) is 32.5 Å². The Kier molecular flexibility index (Phi) is 6.04. The van der Waals surface area contributed by atoms with Crippen LogP contribution < -0.4 is 0 Å². The topological polar surface area (TPSA) is 64.1 Å². The number of likely N-dealkylation sites (tertiary alicyclic amines) is 1. The fourth-order valence-corrected chi connectivity index (χ4v) is 3.71. The number of aliphatic hydroxyl groups excluding tert-OH is 1. The third-order valence-electron chi connectivity index (χ3n) is 5.11. The SMILES string of the molecule is O=C(C(CCO)N1CCCC1=O)N1CCN(Cc2ccccc2)CC1. The molecule has 6 nitrogen and oxygen atoms in total. The molecule has 2 fully saturated rings. The second-order valence-electron chi connectivity index (χ2n) is 6.81. The van der Waals surface area contributed by atoms with Crippen molar-refractivity contribution in [3.63, 3.8) is 0 Å². The maximum atomic E-state index is 12.9. The first kappa shape index (κ1) is 17.9. The fraction of sp³-hybridized carbons (Fsp3) is 0.579. The molecule has 136 valence electrons. The van der Waals surface area contributed by atoms with Crippen molar-refractivity contribution < 1.29 is 14.7 Å². The van der Waals surface area contributed by atoms with Crippen molar-refractivity contribution in [3.8, 4) is 0 Å². The molecule has 0 radical (unpaired) electrons. The lowest BCUT2D eigenvalue weighted by Gasteiger charge is -2.38. The van der Waals surface area contributed by atoms with Gasteiger partial charge in [-0.2, -0.15) is 0 Å². The molecule has 2 heterocycles. The van der Waals surface area contributed by atoms with Crippen LogP contribution in [0.15, 0.2) is 30.3 Å². The predicted molar refractivity (Wildman–Crippen MR) is 94.7 cm³/mol. The van der Waals surface area contributed by atoms with Crippen molar-refractivity contribution in [3.05, 3.63) is 35.9 Å². The third-order valence-corrected chi connectivity index (χ3v) is 5.11. The van der Waals surface area contributed by atoms with Gasteiger partial charge in [0.2, 0.25) is 11.8 Å². The smallest absolute Gasteiger partial charge is 0.245 e. The van der Waals surface area contributed by atoms with E-state index >= 15 is 0 Å². The number of carbonyl (C=O) groups excluding carboxylic acids is 2. The van der Waals surface area contributed by atoms with Crippen LogP contribution in [0.2, 0.25) is 0 Å². The van der Waals surface area contributed by atoms with Crippen molar-refractivity contribution in [1.82, 2.24) is 14.7 Å². The Morgan fingerprint density at radius 1 is 1.08 bits per heavy atom. The maximum absolute atomic E-state index is 12.9. The van der Waals surface area contributed by atoms with E-state index < -0.39 is 6.04 Å². The summed E-state index contributed by atoms with van der Waals surface area (Å²) in [6.45, 7) is 4.47. The quantitative estimate of drug-likeness (QED) is 0.825. The molecular formula is C19H27N3O3. The molecule has 0 aliphatic carbocycles. The summed E-state index contributed by atoms with van der Waals surface area (Å²) in [4.78, 5) is 30.8. The van der Waals surface area contributed by atoms with E-state index in [2.05, 4.69) is 17.0 Å². The van der Waals surface area contributed by atoms with Crippen LogP contribution >= 0.6 is 0 Å². The average molecular weight is 345 g/mol. The Hall–Kier alpha value is -1.92. The molecule has 1 atom stereocenters. The summed E-state index contributed by atoms with van der Waals surface area (Å²) in [5.74, 6) is 0.0261. The minimum absolute atomic E-state index is 0.0105. The lowest BCUT2D eigenvalue weighted by Crippen LogP contribution is -2.55. The number of hydrogen-bond donors (Lipinski definition) is 1. The second-order valence-corrected chi connectivity index (χ2v) is 6.81. The van der Waals surface area contributed by atoms with Crippen LogP contribution in [0.3, 0.4) is 0 Å². The molecule has 25 heavy (non-hydrogen) atoms. The Balaban J connectivity index is 1.55. The van der Waals surface area contributed by atoms with E-state index in [1.807, 2.05) is 23.1 Å². The highest BCUT2D eigenvalue weighted by molar-refractivity contribution is 5.88. The fourth-order valence-electron chi connectivity index (χ4n) is 3.71. The monoisotopic (exact) mass is 345 g/mol. The normalized spacial score (nSPS) is 20.1. The molecule has 1 aromatic carbocycles. The molecule has 0 saturated carbocycles. The number of aliphatic hydroxyl groups is 1. The van der Waals surface area contributed by atoms with Crippen LogP contribution in [0.4, 0.5) is 0 Å². The van der Waals surface area contributed by atoms with Crippen LogP contribution in [0.25, 0.3) is 0 Å². The van der Waals surface area contributed by atoms with Gasteiger partial charge in [0.05, 0.1) is 0 Å². The molecule has 2 saturated heterocycles. The summed E-state index contributed by atoms with van der Waals surface area (Å²) in [6, 6.07) is 9.84. The first-order chi connectivity index (χ1) is 12.2. The molecule has 0 spiro atoms. The van der Waals surface area contributed by atoms with Gasteiger partial charge in [-0.1, -0.05) is 30.3 Å². The van der Waals surface area contributed by atoms with Crippen LogP contribution in [-0.2, 0) is 16.1 Å². The minimum Gasteiger partial charge on any atom is -0.396 e. The molecule has 2 amide bonds. The molecule has 2 aliphatic rings. The maximum Gasteiger partial charge on any atom is 0.245 e. The molecule has 2 aliphatic heterocycles. The number of piperazine rings is 1. The van der Waals surface area contributed by atoms with E-state index in [0.717, 1.165) is 26.1 Å². The highest BCUT2D eigenvalue weighted by atomic mass is 16.3. The van der Waals surface area contributed by atoms with Crippen LogP contribution in [0.5, 0.6) is 0 Å². The van der Waals surface area contributed by atoms with Gasteiger partial charge in [-0.05, 0) is 18.4 Å². The summed E-state index contributed by atoms with van der Waals surface area (Å²) in [5, 5.41) is 9.32. The Labute approximate surface area is 149 Å². The molecule has 6 heteroatoms. The summed E-state index contributed by atoms with van der Waals surface area (Å²) in [6.07, 6.45) is 1.65. The number of hydrogen-bond acceptors (Lipinski definition) is 4. The summed E-state index contributed by atoms with van der Waals surface area (Å²) < 4.78 is 0. The Morgan fingerprint density at radius 3 is 2.40 bits per heavy atom. The van der Waals surface area contributed by atoms with Gasteiger partial charge in [-0.15, -0.1) is 0 Å². The van der Waals surface area contributed by atoms with Crippen LogP contribution in [0.1, 0.15) is 24.8 Å². The number of benzene rings is 1. The Morgan fingerprint density at radius 2 is 1.80 bits per heavy atom. The van der Waals surface area contributed by atoms with Crippen LogP contribution in [-0.4, -0.2) is 77.0 Å². The highest BCUT2D eigenvalue weighted by Crippen LogP contribution is 2.19. The van der Waals surface area contributed by atoms with Gasteiger partial charge in [0, 0.05) is 52.3 Å². The minimum atomic E-state index is -0.499. The van der Waals surface area contributed by atoms with E-state index in [9.17, 15) is 14.7 Å². The largest absolute Gasteiger partial charge is 0.396 e. The van der Waals surface area contributed by atoms with Crippen molar-refractivity contribution in [1.29, 1.82) is 0 Å². The molecule has 1 N–H and O–H groups in total. The zero-order chi connectivity index (χ0) is 17.6. The molecule has 3 rings (SSSR count). The highest BCUT2D eigenvalue weighted by Gasteiger charge is 2.35. The van der Waals surface area contributed by atoms with Gasteiger partial charge < -0.3 is 14.9 Å². The van der Waals surface area contributed by atoms with E-state index in [4.69, 9.17) is 0 Å². The molecule has 1 unspecified atom stereocenters. The van der Waals surface area contributed by atoms with Crippen molar-refractivity contribution >= 4 is 11.8 Å². The number of rotatable bonds is 6. The van der Waals surface area contributed by atoms with Gasteiger partial charge in [0.15, 0.2) is 0 Å². The summed E-state index contributed by atoms with van der Waals surface area (Å²) >= 11 is 0. The summed E-state index contributed by atoms with van der Waals surface area (Å²) in [7, 11) is 0. The lowest BCUT2D eigenvalue weighted by atomic mass is 10.1. The Bertz CT molecular complexity index is 585. The van der Waals surface area contributed by atoms with E-state index in [-0.39, 0.29) is 18.4 Å². The standard InChI is InChI=1S/C19H27N3O3/c23-14-8-17(22-9-4-7-18(22)24)19(25)21-12-10-20(11-13-21)15-16-5-2-1-3-6-16/h1-3,5-6,17,23H,4,7-15H2. The van der Waals surface area contributed by atoms with Crippen molar-refractivity contribution in [2.24, 2.45) is 0 Å². The lowest BCUT2D eigenvalue weighted by molar-refractivity contribution is -0.145. The second kappa shape index (κ2) is 8.45. The first-order valence-electron chi connectivity index (χ1n) is 9.14. The number of amides is 2.